The number of likely N-dealkylation sites (tertiary alicyclic amines) is 1. The molecule has 1 aromatic heterocycles. The van der Waals surface area contributed by atoms with Crippen molar-refractivity contribution in [2.45, 2.75) is 19.8 Å². The molecular formula is C13H14ClN3O. The highest BCUT2D eigenvalue weighted by atomic mass is 35.5. The minimum absolute atomic E-state index is 0.113. The molecule has 1 fully saturated rings. The largest absolute Gasteiger partial charge is 0.337 e. The molecule has 1 aliphatic heterocycles. The highest BCUT2D eigenvalue weighted by Crippen LogP contribution is 2.30. The summed E-state index contributed by atoms with van der Waals surface area (Å²) in [6.07, 6.45) is 2.94. The number of halogens is 1. The predicted octanol–water partition coefficient (Wildman–Crippen LogP) is 2.50. The summed E-state index contributed by atoms with van der Waals surface area (Å²) in [7, 11) is 0. The molecular weight excluding hydrogens is 250 g/mol. The van der Waals surface area contributed by atoms with E-state index in [1.807, 2.05) is 6.92 Å². The Morgan fingerprint density at radius 1 is 1.56 bits per heavy atom. The molecule has 0 unspecified atom stereocenters. The molecule has 0 aromatic carbocycles. The van der Waals surface area contributed by atoms with E-state index in [4.69, 9.17) is 16.9 Å². The molecule has 2 heterocycles. The van der Waals surface area contributed by atoms with Gasteiger partial charge in [-0.05, 0) is 31.9 Å². The molecule has 1 aromatic rings. The van der Waals surface area contributed by atoms with Gasteiger partial charge in [0.15, 0.2) is 0 Å². The van der Waals surface area contributed by atoms with Crippen molar-refractivity contribution in [3.05, 3.63) is 29.0 Å². The summed E-state index contributed by atoms with van der Waals surface area (Å²) >= 11 is 5.84. The van der Waals surface area contributed by atoms with Crippen LogP contribution in [0.5, 0.6) is 0 Å². The van der Waals surface area contributed by atoms with Crippen LogP contribution in [0.25, 0.3) is 0 Å². The summed E-state index contributed by atoms with van der Waals surface area (Å²) in [6.45, 7) is 3.13. The lowest BCUT2D eigenvalue weighted by molar-refractivity contribution is 0.0656. The third-order valence-electron chi connectivity index (χ3n) is 3.37. The van der Waals surface area contributed by atoms with E-state index in [2.05, 4.69) is 11.1 Å². The Balaban J connectivity index is 2.07. The van der Waals surface area contributed by atoms with Crippen molar-refractivity contribution >= 4 is 17.5 Å². The van der Waals surface area contributed by atoms with Gasteiger partial charge in [0.25, 0.3) is 5.91 Å². The van der Waals surface area contributed by atoms with Crippen molar-refractivity contribution in [1.82, 2.24) is 9.88 Å². The van der Waals surface area contributed by atoms with Crippen LogP contribution < -0.4 is 0 Å². The maximum atomic E-state index is 12.2. The van der Waals surface area contributed by atoms with Crippen LogP contribution in [0.4, 0.5) is 0 Å². The minimum atomic E-state index is -0.307. The van der Waals surface area contributed by atoms with Crippen LogP contribution in [0.15, 0.2) is 18.3 Å². The predicted molar refractivity (Wildman–Crippen MR) is 68.1 cm³/mol. The van der Waals surface area contributed by atoms with Gasteiger partial charge in [0, 0.05) is 24.3 Å². The fourth-order valence-corrected chi connectivity index (χ4v) is 2.16. The number of aromatic nitrogens is 1. The number of amides is 1. The Morgan fingerprint density at radius 3 is 2.78 bits per heavy atom. The molecule has 94 valence electrons. The van der Waals surface area contributed by atoms with Crippen LogP contribution in [-0.2, 0) is 0 Å². The highest BCUT2D eigenvalue weighted by Gasteiger charge is 2.32. The van der Waals surface area contributed by atoms with E-state index in [9.17, 15) is 4.79 Å². The van der Waals surface area contributed by atoms with Crippen LogP contribution in [0, 0.1) is 16.7 Å². The first kappa shape index (κ1) is 12.8. The van der Waals surface area contributed by atoms with Gasteiger partial charge in [0.2, 0.25) is 0 Å². The average Bonchev–Trinajstić information content (AvgIpc) is 2.39. The molecule has 0 N–H and O–H groups in total. The number of nitrogens with zero attached hydrogens (tertiary/aromatic N) is 3. The van der Waals surface area contributed by atoms with Crippen molar-refractivity contribution in [3.63, 3.8) is 0 Å². The lowest BCUT2D eigenvalue weighted by atomic mass is 9.82. The van der Waals surface area contributed by atoms with Crippen molar-refractivity contribution < 1.29 is 4.79 Å². The van der Waals surface area contributed by atoms with Gasteiger partial charge >= 0.3 is 0 Å². The normalized spacial score (nSPS) is 18.2. The molecule has 18 heavy (non-hydrogen) atoms. The molecule has 5 heteroatoms. The van der Waals surface area contributed by atoms with Gasteiger partial charge in [-0.15, -0.1) is 0 Å². The van der Waals surface area contributed by atoms with Crippen LogP contribution in [0.2, 0.25) is 5.02 Å². The molecule has 1 saturated heterocycles. The van der Waals surface area contributed by atoms with Crippen molar-refractivity contribution in [1.29, 1.82) is 5.26 Å². The monoisotopic (exact) mass is 263 g/mol. The second kappa shape index (κ2) is 4.95. The molecule has 4 nitrogen and oxygen atoms in total. The third-order valence-corrected chi connectivity index (χ3v) is 3.60. The summed E-state index contributed by atoms with van der Waals surface area (Å²) < 4.78 is 0. The minimum Gasteiger partial charge on any atom is -0.337 e. The molecule has 0 radical (unpaired) electrons. The van der Waals surface area contributed by atoms with Gasteiger partial charge in [-0.25, -0.2) is 0 Å². The molecule has 1 amide bonds. The van der Waals surface area contributed by atoms with Gasteiger partial charge in [-0.1, -0.05) is 11.6 Å². The van der Waals surface area contributed by atoms with Gasteiger partial charge < -0.3 is 4.90 Å². The van der Waals surface area contributed by atoms with E-state index in [1.54, 1.807) is 17.0 Å². The van der Waals surface area contributed by atoms with Crippen LogP contribution in [0.1, 0.15) is 30.3 Å². The SMILES string of the molecule is CC1(C#N)CCN(C(=O)c2cc(Cl)ccn2)CC1. The molecule has 2 rings (SSSR count). The zero-order valence-electron chi connectivity index (χ0n) is 10.2. The van der Waals surface area contributed by atoms with Crippen molar-refractivity contribution in [2.24, 2.45) is 5.41 Å². The maximum Gasteiger partial charge on any atom is 0.272 e. The number of pyridine rings is 1. The second-order valence-electron chi connectivity index (χ2n) is 4.82. The standard InChI is InChI=1S/C13H14ClN3O/c1-13(9-15)3-6-17(7-4-13)12(18)11-8-10(14)2-5-16-11/h2,5,8H,3-4,6-7H2,1H3. The summed E-state index contributed by atoms with van der Waals surface area (Å²) in [5.41, 5.74) is 0.0569. The number of carbonyl (C=O) groups is 1. The Labute approximate surface area is 111 Å². The van der Waals surface area contributed by atoms with Gasteiger partial charge in [0.05, 0.1) is 11.5 Å². The van der Waals surface area contributed by atoms with Crippen LogP contribution in [-0.4, -0.2) is 28.9 Å². The van der Waals surface area contributed by atoms with Crippen molar-refractivity contribution in [3.8, 4) is 6.07 Å². The van der Waals surface area contributed by atoms with Crippen molar-refractivity contribution in [2.75, 3.05) is 13.1 Å². The Bertz CT molecular complexity index is 501. The number of hydrogen-bond donors (Lipinski definition) is 0. The zero-order valence-corrected chi connectivity index (χ0v) is 10.9. The second-order valence-corrected chi connectivity index (χ2v) is 5.26. The van der Waals surface area contributed by atoms with Gasteiger partial charge in [0.1, 0.15) is 5.69 Å². The highest BCUT2D eigenvalue weighted by molar-refractivity contribution is 6.30. The fraction of sp³-hybridized carbons (Fsp3) is 0.462. The van der Waals surface area contributed by atoms with E-state index < -0.39 is 0 Å². The molecule has 0 spiro atoms. The smallest absolute Gasteiger partial charge is 0.272 e. The summed E-state index contributed by atoms with van der Waals surface area (Å²) in [6, 6.07) is 5.53. The van der Waals surface area contributed by atoms with E-state index in [0.29, 0.717) is 36.6 Å². The summed E-state index contributed by atoms with van der Waals surface area (Å²) in [5.74, 6) is -0.113. The van der Waals surface area contributed by atoms with E-state index in [0.717, 1.165) is 0 Å². The summed E-state index contributed by atoms with van der Waals surface area (Å²) in [4.78, 5) is 17.9. The van der Waals surface area contributed by atoms with Gasteiger partial charge in [-0.2, -0.15) is 5.26 Å². The Hall–Kier alpha value is -1.60. The molecule has 0 atom stereocenters. The lowest BCUT2D eigenvalue weighted by Crippen LogP contribution is -2.41. The van der Waals surface area contributed by atoms with Crippen LogP contribution >= 0.6 is 11.6 Å². The topological polar surface area (TPSA) is 57.0 Å². The van der Waals surface area contributed by atoms with E-state index >= 15 is 0 Å². The number of nitriles is 1. The van der Waals surface area contributed by atoms with E-state index in [1.165, 1.54) is 6.20 Å². The first-order valence-corrected chi connectivity index (χ1v) is 6.24. The Kier molecular flexibility index (Phi) is 3.53. The number of piperidine rings is 1. The Morgan fingerprint density at radius 2 is 2.22 bits per heavy atom. The molecule has 0 aliphatic carbocycles. The van der Waals surface area contributed by atoms with Gasteiger partial charge in [-0.3, -0.25) is 9.78 Å². The zero-order chi connectivity index (χ0) is 13.2. The van der Waals surface area contributed by atoms with Crippen LogP contribution in [0.3, 0.4) is 0 Å². The molecule has 0 bridgehead atoms. The number of rotatable bonds is 1. The summed E-state index contributed by atoms with van der Waals surface area (Å²) in [5, 5.41) is 9.55. The average molecular weight is 264 g/mol. The first-order valence-electron chi connectivity index (χ1n) is 5.86. The lowest BCUT2D eigenvalue weighted by Gasteiger charge is -2.34. The quantitative estimate of drug-likeness (QED) is 0.782. The maximum absolute atomic E-state index is 12.2. The molecule has 0 saturated carbocycles. The number of carbonyl (C=O) groups excluding carboxylic acids is 1. The number of hydrogen-bond acceptors (Lipinski definition) is 3. The first-order chi connectivity index (χ1) is 8.54. The third kappa shape index (κ3) is 2.62. The fourth-order valence-electron chi connectivity index (χ4n) is 2.00. The molecule has 1 aliphatic rings. The van der Waals surface area contributed by atoms with E-state index in [-0.39, 0.29) is 11.3 Å².